The molecular formula is C59H106O6. The van der Waals surface area contributed by atoms with Gasteiger partial charge in [-0.1, -0.05) is 236 Å². The molecule has 0 aliphatic carbocycles. The van der Waals surface area contributed by atoms with E-state index in [2.05, 4.69) is 69.4 Å². The fraction of sp³-hybridized carbons (Fsp3) is 0.814. The molecule has 0 N–H and O–H groups in total. The molecule has 0 saturated heterocycles. The number of esters is 3. The van der Waals surface area contributed by atoms with Crippen LogP contribution in [0.2, 0.25) is 0 Å². The van der Waals surface area contributed by atoms with E-state index >= 15 is 0 Å². The van der Waals surface area contributed by atoms with Crippen molar-refractivity contribution in [1.29, 1.82) is 0 Å². The van der Waals surface area contributed by atoms with Gasteiger partial charge in [-0.15, -0.1) is 0 Å². The maximum absolute atomic E-state index is 12.8. The van der Waals surface area contributed by atoms with Crippen LogP contribution in [-0.2, 0) is 28.6 Å². The van der Waals surface area contributed by atoms with E-state index in [9.17, 15) is 14.4 Å². The summed E-state index contributed by atoms with van der Waals surface area (Å²) in [7, 11) is 0. The molecule has 0 aromatic rings. The van der Waals surface area contributed by atoms with Crippen LogP contribution in [0.3, 0.4) is 0 Å². The van der Waals surface area contributed by atoms with Crippen LogP contribution in [0, 0.1) is 0 Å². The Hall–Kier alpha value is -2.63. The fourth-order valence-electron chi connectivity index (χ4n) is 8.03. The Morgan fingerprint density at radius 1 is 0.308 bits per heavy atom. The standard InChI is InChI=1S/C59H106O6/c1-4-7-10-13-16-19-22-25-27-28-29-30-32-34-37-40-43-46-49-52-58(61)64-55-56(54-63-57(60)51-48-45-42-39-36-33-24-21-18-15-12-9-6-3)65-59(62)53-50-47-44-41-38-35-31-26-23-20-17-14-11-8-5-2/h16,19,21,24-25,27,29-30,56H,4-15,17-18,20,22-23,26,28,31-55H2,1-3H3/b19-16-,24-21-,27-25-,30-29-/t56-/m1/s1. The van der Waals surface area contributed by atoms with Gasteiger partial charge in [-0.3, -0.25) is 14.4 Å². The van der Waals surface area contributed by atoms with Gasteiger partial charge < -0.3 is 14.2 Å². The van der Waals surface area contributed by atoms with Gasteiger partial charge in [-0.05, 0) is 83.5 Å². The predicted octanol–water partition coefficient (Wildman–Crippen LogP) is 18.7. The van der Waals surface area contributed by atoms with Crippen molar-refractivity contribution in [3.63, 3.8) is 0 Å². The van der Waals surface area contributed by atoms with Crippen LogP contribution in [0.25, 0.3) is 0 Å². The van der Waals surface area contributed by atoms with E-state index in [0.717, 1.165) is 83.5 Å². The first kappa shape index (κ1) is 62.4. The summed E-state index contributed by atoms with van der Waals surface area (Å²) in [4.78, 5) is 38.1. The van der Waals surface area contributed by atoms with E-state index in [4.69, 9.17) is 14.2 Å². The van der Waals surface area contributed by atoms with E-state index < -0.39 is 6.10 Å². The van der Waals surface area contributed by atoms with Crippen molar-refractivity contribution >= 4 is 17.9 Å². The molecule has 0 spiro atoms. The number of hydrogen-bond donors (Lipinski definition) is 0. The molecule has 0 amide bonds. The van der Waals surface area contributed by atoms with E-state index in [0.29, 0.717) is 19.3 Å². The Bertz CT molecular complexity index is 1140. The largest absolute Gasteiger partial charge is 0.462 e. The van der Waals surface area contributed by atoms with Gasteiger partial charge in [0, 0.05) is 19.3 Å². The van der Waals surface area contributed by atoms with Crippen molar-refractivity contribution in [3.05, 3.63) is 48.6 Å². The zero-order valence-electron chi connectivity index (χ0n) is 43.3. The van der Waals surface area contributed by atoms with E-state index in [1.807, 2.05) is 0 Å². The van der Waals surface area contributed by atoms with Gasteiger partial charge in [0.15, 0.2) is 6.10 Å². The monoisotopic (exact) mass is 911 g/mol. The average Bonchev–Trinajstić information content (AvgIpc) is 3.30. The summed E-state index contributed by atoms with van der Waals surface area (Å²) in [5, 5.41) is 0. The predicted molar refractivity (Wildman–Crippen MR) is 279 cm³/mol. The van der Waals surface area contributed by atoms with Crippen LogP contribution in [0.1, 0.15) is 290 Å². The number of allylic oxidation sites excluding steroid dienone is 8. The molecule has 0 bridgehead atoms. The molecular weight excluding hydrogens is 805 g/mol. The second-order valence-corrected chi connectivity index (χ2v) is 18.8. The number of rotatable bonds is 51. The van der Waals surface area contributed by atoms with Gasteiger partial charge in [0.25, 0.3) is 0 Å². The average molecular weight is 911 g/mol. The SMILES string of the molecule is CCCCC/C=C\C/C=C\C/C=C\CCCCCCCCC(=O)OC[C@@H](COC(=O)CCCCCCC/C=C\CCCCCC)OC(=O)CCCCCCCCCCCCCCCCC. The van der Waals surface area contributed by atoms with Gasteiger partial charge in [-0.25, -0.2) is 0 Å². The molecule has 0 fully saturated rings. The first-order valence-electron chi connectivity index (χ1n) is 28.1. The first-order valence-corrected chi connectivity index (χ1v) is 28.1. The summed E-state index contributed by atoms with van der Waals surface area (Å²) in [6, 6.07) is 0. The quantitative estimate of drug-likeness (QED) is 0.0262. The molecule has 0 rings (SSSR count). The minimum Gasteiger partial charge on any atom is -0.462 e. The maximum Gasteiger partial charge on any atom is 0.306 e. The smallest absolute Gasteiger partial charge is 0.306 e. The Morgan fingerprint density at radius 3 is 0.923 bits per heavy atom. The number of carbonyl (C=O) groups excluding carboxylic acids is 3. The molecule has 0 aliphatic heterocycles. The Balaban J connectivity index is 4.37. The Kier molecular flexibility index (Phi) is 51.8. The molecule has 0 aromatic heterocycles. The van der Waals surface area contributed by atoms with Crippen molar-refractivity contribution in [1.82, 2.24) is 0 Å². The van der Waals surface area contributed by atoms with Gasteiger partial charge in [0.2, 0.25) is 0 Å². The summed E-state index contributed by atoms with van der Waals surface area (Å²) < 4.78 is 16.8. The summed E-state index contributed by atoms with van der Waals surface area (Å²) in [6.07, 6.45) is 65.2. The molecule has 0 unspecified atom stereocenters. The van der Waals surface area contributed by atoms with E-state index in [1.54, 1.807) is 0 Å². The van der Waals surface area contributed by atoms with Crippen molar-refractivity contribution in [2.24, 2.45) is 0 Å². The second kappa shape index (κ2) is 54.0. The third-order valence-corrected chi connectivity index (χ3v) is 12.3. The third-order valence-electron chi connectivity index (χ3n) is 12.3. The normalized spacial score (nSPS) is 12.4. The molecule has 0 radical (unpaired) electrons. The summed E-state index contributed by atoms with van der Waals surface area (Å²) in [5.74, 6) is -0.887. The number of ether oxygens (including phenoxy) is 3. The van der Waals surface area contributed by atoms with Crippen LogP contribution in [0.4, 0.5) is 0 Å². The number of carbonyl (C=O) groups is 3. The molecule has 0 heterocycles. The highest BCUT2D eigenvalue weighted by Crippen LogP contribution is 2.16. The lowest BCUT2D eigenvalue weighted by atomic mass is 10.0. The molecule has 0 aromatic carbocycles. The summed E-state index contributed by atoms with van der Waals surface area (Å²) in [6.45, 7) is 6.61. The Labute approximate surface area is 403 Å². The van der Waals surface area contributed by atoms with Crippen LogP contribution in [0.15, 0.2) is 48.6 Å². The van der Waals surface area contributed by atoms with Gasteiger partial charge >= 0.3 is 17.9 Å². The molecule has 0 saturated carbocycles. The summed E-state index contributed by atoms with van der Waals surface area (Å²) >= 11 is 0. The zero-order valence-corrected chi connectivity index (χ0v) is 43.3. The van der Waals surface area contributed by atoms with Gasteiger partial charge in [0.1, 0.15) is 13.2 Å². The van der Waals surface area contributed by atoms with Crippen molar-refractivity contribution in [2.45, 2.75) is 297 Å². The third kappa shape index (κ3) is 52.2. The summed E-state index contributed by atoms with van der Waals surface area (Å²) in [5.41, 5.74) is 0. The molecule has 6 heteroatoms. The lowest BCUT2D eigenvalue weighted by Gasteiger charge is -2.18. The van der Waals surface area contributed by atoms with Crippen molar-refractivity contribution in [3.8, 4) is 0 Å². The van der Waals surface area contributed by atoms with Crippen LogP contribution < -0.4 is 0 Å². The highest BCUT2D eigenvalue weighted by Gasteiger charge is 2.19. The van der Waals surface area contributed by atoms with Crippen LogP contribution >= 0.6 is 0 Å². The molecule has 6 nitrogen and oxygen atoms in total. The molecule has 378 valence electrons. The van der Waals surface area contributed by atoms with Gasteiger partial charge in [-0.2, -0.15) is 0 Å². The minimum absolute atomic E-state index is 0.0791. The van der Waals surface area contributed by atoms with Gasteiger partial charge in [0.05, 0.1) is 0 Å². The maximum atomic E-state index is 12.8. The van der Waals surface area contributed by atoms with Crippen LogP contribution in [0.5, 0.6) is 0 Å². The Morgan fingerprint density at radius 2 is 0.554 bits per heavy atom. The van der Waals surface area contributed by atoms with E-state index in [-0.39, 0.29) is 31.1 Å². The zero-order chi connectivity index (χ0) is 47.2. The lowest BCUT2D eigenvalue weighted by molar-refractivity contribution is -0.167. The van der Waals surface area contributed by atoms with E-state index in [1.165, 1.54) is 167 Å². The minimum atomic E-state index is -0.779. The molecule has 0 aliphatic rings. The van der Waals surface area contributed by atoms with Crippen molar-refractivity contribution < 1.29 is 28.6 Å². The number of unbranched alkanes of at least 4 members (excludes halogenated alkanes) is 32. The molecule has 1 atom stereocenters. The topological polar surface area (TPSA) is 78.9 Å². The van der Waals surface area contributed by atoms with Crippen molar-refractivity contribution in [2.75, 3.05) is 13.2 Å². The van der Waals surface area contributed by atoms with Crippen LogP contribution in [-0.4, -0.2) is 37.2 Å². The molecule has 65 heavy (non-hydrogen) atoms. The highest BCUT2D eigenvalue weighted by atomic mass is 16.6. The first-order chi connectivity index (χ1) is 32.0. The second-order valence-electron chi connectivity index (χ2n) is 18.8. The highest BCUT2D eigenvalue weighted by molar-refractivity contribution is 5.71. The lowest BCUT2D eigenvalue weighted by Crippen LogP contribution is -2.30. The number of hydrogen-bond acceptors (Lipinski definition) is 6. The fourth-order valence-corrected chi connectivity index (χ4v) is 8.03.